The fourth-order valence-electron chi connectivity index (χ4n) is 3.27. The van der Waals surface area contributed by atoms with Gasteiger partial charge in [0.2, 0.25) is 5.78 Å². The first-order valence-electron chi connectivity index (χ1n) is 8.67. The van der Waals surface area contributed by atoms with Crippen LogP contribution >= 0.6 is 15.9 Å². The van der Waals surface area contributed by atoms with Crippen LogP contribution in [0.1, 0.15) is 53.9 Å². The Balaban J connectivity index is 2.10. The molecule has 0 amide bonds. The number of imidazole rings is 1. The zero-order chi connectivity index (χ0) is 19.0. The van der Waals surface area contributed by atoms with Gasteiger partial charge in [0.05, 0.1) is 22.4 Å². The second kappa shape index (κ2) is 7.22. The van der Waals surface area contributed by atoms with Crippen molar-refractivity contribution < 1.29 is 9.90 Å². The molecular weight excluding hydrogens is 396 g/mol. The highest BCUT2D eigenvalue weighted by molar-refractivity contribution is 9.10. The lowest BCUT2D eigenvalue weighted by molar-refractivity contribution is 0.100. The predicted molar refractivity (Wildman–Crippen MR) is 101 cm³/mol. The van der Waals surface area contributed by atoms with Crippen LogP contribution in [0, 0.1) is 11.3 Å². The first kappa shape index (κ1) is 18.6. The summed E-state index contributed by atoms with van der Waals surface area (Å²) in [6, 6.07) is 5.30. The second-order valence-electron chi connectivity index (χ2n) is 6.70. The Morgan fingerprint density at radius 3 is 2.81 bits per heavy atom. The normalized spacial score (nSPS) is 14.3. The molecule has 0 atom stereocenters. The molecule has 1 aliphatic rings. The predicted octanol–water partition coefficient (Wildman–Crippen LogP) is 3.24. The fourth-order valence-corrected chi connectivity index (χ4v) is 3.73. The maximum Gasteiger partial charge on any atom is 0.211 e. The average molecular weight is 417 g/mol. The van der Waals surface area contributed by atoms with Gasteiger partial charge in [-0.2, -0.15) is 5.26 Å². The molecule has 6 nitrogen and oxygen atoms in total. The third kappa shape index (κ3) is 3.15. The summed E-state index contributed by atoms with van der Waals surface area (Å²) >= 11 is 3.22. The molecule has 26 heavy (non-hydrogen) atoms. The molecule has 136 valence electrons. The monoisotopic (exact) mass is 416 g/mol. The van der Waals surface area contributed by atoms with E-state index in [0.717, 1.165) is 24.5 Å². The highest BCUT2D eigenvalue weighted by atomic mass is 79.9. The van der Waals surface area contributed by atoms with Crippen LogP contribution in [0.5, 0.6) is 5.75 Å². The van der Waals surface area contributed by atoms with Gasteiger partial charge in [0, 0.05) is 24.6 Å². The first-order valence-corrected chi connectivity index (χ1v) is 9.46. The van der Waals surface area contributed by atoms with Gasteiger partial charge in [-0.05, 0) is 48.3 Å². The number of aromatic hydroxyl groups is 1. The van der Waals surface area contributed by atoms with Crippen LogP contribution in [-0.2, 0) is 19.5 Å². The van der Waals surface area contributed by atoms with Gasteiger partial charge in [-0.15, -0.1) is 0 Å². The van der Waals surface area contributed by atoms with E-state index >= 15 is 0 Å². The Bertz CT molecular complexity index is 911. The molecule has 0 aliphatic carbocycles. The van der Waals surface area contributed by atoms with E-state index in [2.05, 4.69) is 39.7 Å². The number of rotatable bonds is 4. The van der Waals surface area contributed by atoms with Crippen LogP contribution in [-0.4, -0.2) is 37.9 Å². The number of phenolic OH excluding ortho intramolecular Hbond substituents is 1. The Hall–Kier alpha value is -2.17. The minimum Gasteiger partial charge on any atom is -0.505 e. The molecule has 0 fully saturated rings. The van der Waals surface area contributed by atoms with Gasteiger partial charge in [0.15, 0.2) is 0 Å². The van der Waals surface area contributed by atoms with Crippen molar-refractivity contribution in [1.29, 1.82) is 5.26 Å². The summed E-state index contributed by atoms with van der Waals surface area (Å²) < 4.78 is 2.33. The Morgan fingerprint density at radius 1 is 1.46 bits per heavy atom. The third-order valence-electron chi connectivity index (χ3n) is 4.79. The number of fused-ring (bicyclic) bond motifs is 1. The lowest BCUT2D eigenvalue weighted by Gasteiger charge is -2.32. The van der Waals surface area contributed by atoms with Crippen LogP contribution < -0.4 is 0 Å². The van der Waals surface area contributed by atoms with E-state index in [1.165, 1.54) is 6.07 Å². The summed E-state index contributed by atoms with van der Waals surface area (Å²) in [5, 5.41) is 19.1. The van der Waals surface area contributed by atoms with Crippen LogP contribution in [0.15, 0.2) is 16.6 Å². The number of hydrogen-bond acceptors (Lipinski definition) is 5. The van der Waals surface area contributed by atoms with Crippen LogP contribution in [0.3, 0.4) is 0 Å². The largest absolute Gasteiger partial charge is 0.505 e. The molecule has 1 aliphatic heterocycles. The number of nitrogens with zero attached hydrogens (tertiary/aromatic N) is 4. The fraction of sp³-hybridized carbons (Fsp3) is 0.421. The molecule has 0 bridgehead atoms. The molecule has 0 unspecified atom stereocenters. The van der Waals surface area contributed by atoms with Gasteiger partial charge in [-0.25, -0.2) is 4.98 Å². The van der Waals surface area contributed by atoms with Gasteiger partial charge in [-0.1, -0.05) is 6.92 Å². The molecular formula is C19H21BrN4O2. The SMILES string of the molecule is CCc1nc2n(c1C(=O)c1cc(Br)c(O)c(C#N)c1)CN(C(C)C)CC2. The van der Waals surface area contributed by atoms with Gasteiger partial charge in [0.25, 0.3) is 0 Å². The Morgan fingerprint density at radius 2 is 2.19 bits per heavy atom. The van der Waals surface area contributed by atoms with Crippen molar-refractivity contribution in [3.8, 4) is 11.8 Å². The zero-order valence-electron chi connectivity index (χ0n) is 15.1. The number of aromatic nitrogens is 2. The maximum atomic E-state index is 13.3. The van der Waals surface area contributed by atoms with Crippen molar-refractivity contribution in [2.75, 3.05) is 6.54 Å². The molecule has 0 radical (unpaired) electrons. The van der Waals surface area contributed by atoms with Crippen LogP contribution in [0.25, 0.3) is 0 Å². The van der Waals surface area contributed by atoms with Crippen molar-refractivity contribution in [2.24, 2.45) is 0 Å². The number of benzene rings is 1. The average Bonchev–Trinajstić information content (AvgIpc) is 3.00. The summed E-state index contributed by atoms with van der Waals surface area (Å²) in [5.41, 5.74) is 1.79. The van der Waals surface area contributed by atoms with E-state index in [-0.39, 0.29) is 17.1 Å². The van der Waals surface area contributed by atoms with Crippen molar-refractivity contribution in [2.45, 2.75) is 46.3 Å². The van der Waals surface area contributed by atoms with E-state index in [0.29, 0.717) is 34.9 Å². The topological polar surface area (TPSA) is 82.1 Å². The molecule has 0 spiro atoms. The Labute approximate surface area is 161 Å². The van der Waals surface area contributed by atoms with Gasteiger partial charge in [0.1, 0.15) is 23.3 Å². The molecule has 0 saturated heterocycles. The first-order chi connectivity index (χ1) is 12.4. The zero-order valence-corrected chi connectivity index (χ0v) is 16.7. The van der Waals surface area contributed by atoms with E-state index < -0.39 is 0 Å². The molecule has 0 saturated carbocycles. The highest BCUT2D eigenvalue weighted by Crippen LogP contribution is 2.31. The minimum atomic E-state index is -0.177. The van der Waals surface area contributed by atoms with Crippen molar-refractivity contribution in [3.63, 3.8) is 0 Å². The molecule has 2 heterocycles. The van der Waals surface area contributed by atoms with E-state index in [9.17, 15) is 15.2 Å². The lowest BCUT2D eigenvalue weighted by Crippen LogP contribution is -2.40. The third-order valence-corrected chi connectivity index (χ3v) is 5.40. The number of halogens is 1. The standard InChI is InChI=1S/C19H21BrN4O2/c1-4-15-17(24-10-23(11(2)3)6-5-16(24)22-15)19(26)12-7-13(9-21)18(25)14(20)8-12/h7-8,11,25H,4-6,10H2,1-3H3. The molecule has 7 heteroatoms. The van der Waals surface area contributed by atoms with Crippen LogP contribution in [0.4, 0.5) is 0 Å². The van der Waals surface area contributed by atoms with E-state index in [4.69, 9.17) is 0 Å². The lowest BCUT2D eigenvalue weighted by atomic mass is 10.0. The number of nitriles is 1. The number of hydrogen-bond donors (Lipinski definition) is 1. The van der Waals surface area contributed by atoms with Crippen LogP contribution in [0.2, 0.25) is 0 Å². The number of aryl methyl sites for hydroxylation is 1. The smallest absolute Gasteiger partial charge is 0.211 e. The van der Waals surface area contributed by atoms with Crippen molar-refractivity contribution in [1.82, 2.24) is 14.5 Å². The highest BCUT2D eigenvalue weighted by Gasteiger charge is 2.28. The maximum absolute atomic E-state index is 13.3. The number of phenols is 1. The molecule has 2 aromatic rings. The van der Waals surface area contributed by atoms with E-state index in [1.54, 1.807) is 6.07 Å². The number of ketones is 1. The molecule has 3 rings (SSSR count). The second-order valence-corrected chi connectivity index (χ2v) is 7.55. The summed E-state index contributed by atoms with van der Waals surface area (Å²) in [6.07, 6.45) is 1.47. The van der Waals surface area contributed by atoms with Gasteiger partial charge in [-0.3, -0.25) is 9.69 Å². The molecule has 1 N–H and O–H groups in total. The summed E-state index contributed by atoms with van der Waals surface area (Å²) in [4.78, 5) is 20.3. The summed E-state index contributed by atoms with van der Waals surface area (Å²) in [6.45, 7) is 7.82. The number of carbonyl (C=O) groups excluding carboxylic acids is 1. The summed E-state index contributed by atoms with van der Waals surface area (Å²) in [5.74, 6) is 0.602. The van der Waals surface area contributed by atoms with Gasteiger partial charge >= 0.3 is 0 Å². The van der Waals surface area contributed by atoms with Crippen molar-refractivity contribution in [3.05, 3.63) is 44.9 Å². The minimum absolute atomic E-state index is 0.0722. The number of carbonyl (C=O) groups is 1. The summed E-state index contributed by atoms with van der Waals surface area (Å²) in [7, 11) is 0. The quantitative estimate of drug-likeness (QED) is 0.773. The molecule has 1 aromatic carbocycles. The Kier molecular flexibility index (Phi) is 5.17. The van der Waals surface area contributed by atoms with E-state index in [1.807, 2.05) is 17.6 Å². The van der Waals surface area contributed by atoms with Crippen molar-refractivity contribution >= 4 is 21.7 Å². The van der Waals surface area contributed by atoms with Gasteiger partial charge < -0.3 is 9.67 Å². The molecule has 1 aromatic heterocycles.